The van der Waals surface area contributed by atoms with E-state index >= 15 is 0 Å². The predicted molar refractivity (Wildman–Crippen MR) is 109 cm³/mol. The molecule has 16 heteroatoms. The number of thiophene rings is 2. The molecule has 2 heterocycles. The van der Waals surface area contributed by atoms with Gasteiger partial charge in [-0.3, -0.25) is 33.8 Å². The molecule has 28 heavy (non-hydrogen) atoms. The summed E-state index contributed by atoms with van der Waals surface area (Å²) in [6.07, 6.45) is -0.180. The fourth-order valence-electron chi connectivity index (χ4n) is 1.25. The quantitative estimate of drug-likeness (QED) is 0.105. The highest BCUT2D eigenvalue weighted by Crippen LogP contribution is 2.25. The Morgan fingerprint density at radius 1 is 0.786 bits per heavy atom. The third-order valence-electron chi connectivity index (χ3n) is 2.11. The summed E-state index contributed by atoms with van der Waals surface area (Å²) in [6.45, 7) is 0. The third-order valence-corrected chi connectivity index (χ3v) is 5.58. The lowest BCUT2D eigenvalue weighted by atomic mass is 10.4. The van der Waals surface area contributed by atoms with Crippen LogP contribution < -0.4 is 33.8 Å². The van der Waals surface area contributed by atoms with Crippen LogP contribution in [-0.4, -0.2) is 49.4 Å². The number of rotatable bonds is 5. The van der Waals surface area contributed by atoms with Crippen molar-refractivity contribution >= 4 is 64.2 Å². The molecule has 0 aliphatic carbocycles. The largest absolute Gasteiger partial charge is 0.748 e. The first-order valence-electron chi connectivity index (χ1n) is 7.18. The van der Waals surface area contributed by atoms with Crippen LogP contribution in [0.2, 0.25) is 0 Å². The summed E-state index contributed by atoms with van der Waals surface area (Å²) in [5, 5.41) is 13.4. The first-order chi connectivity index (χ1) is 12.6. The van der Waals surface area contributed by atoms with Crippen molar-refractivity contribution in [3.8, 4) is 0 Å². The Balaban J connectivity index is 0. The Morgan fingerprint density at radius 3 is 1.25 bits per heavy atom. The molecule has 0 aliphatic heterocycles. The summed E-state index contributed by atoms with van der Waals surface area (Å²) in [5.41, 5.74) is 18.3. The molecule has 0 bridgehead atoms. The van der Waals surface area contributed by atoms with Crippen LogP contribution in [0.4, 0.5) is 0 Å². The van der Waals surface area contributed by atoms with Crippen molar-refractivity contribution in [3.05, 3.63) is 22.9 Å². The second-order valence-corrected chi connectivity index (χ2v) is 9.74. The van der Waals surface area contributed by atoms with Crippen LogP contribution in [0.3, 0.4) is 0 Å². The van der Waals surface area contributed by atoms with Gasteiger partial charge in [0, 0.05) is 20.9 Å². The number of guanidine groups is 2. The Kier molecular flexibility index (Phi) is 14.2. The zero-order chi connectivity index (χ0) is 22.4. The van der Waals surface area contributed by atoms with E-state index in [4.69, 9.17) is 0 Å². The maximum absolute atomic E-state index is 9.97. The lowest BCUT2D eigenvalue weighted by Gasteiger charge is -2.07. The van der Waals surface area contributed by atoms with Gasteiger partial charge >= 0.3 is 11.9 Å². The fourth-order valence-corrected chi connectivity index (χ4v) is 4.19. The Morgan fingerprint density at radius 2 is 1.04 bits per heavy atom. The van der Waals surface area contributed by atoms with E-state index in [9.17, 15) is 25.9 Å². The average Bonchev–Trinajstić information content (AvgIpc) is 3.04. The van der Waals surface area contributed by atoms with Gasteiger partial charge in [-0.1, -0.05) is 0 Å². The van der Waals surface area contributed by atoms with Crippen molar-refractivity contribution in [1.82, 2.24) is 0 Å². The molecule has 2 aromatic rings. The molecular weight excluding hydrogens is 452 g/mol. The Bertz CT molecular complexity index is 816. The second kappa shape index (κ2) is 14.1. The molecule has 12 N–H and O–H groups in total. The van der Waals surface area contributed by atoms with Gasteiger partial charge in [-0.05, 0) is 35.7 Å². The topological polar surface area (TPSA) is 270 Å². The summed E-state index contributed by atoms with van der Waals surface area (Å²) in [5.74, 6) is -1.41. The van der Waals surface area contributed by atoms with E-state index in [1.807, 2.05) is 0 Å². The van der Waals surface area contributed by atoms with Crippen LogP contribution in [0.5, 0.6) is 0 Å². The standard InChI is InChI=1S/C6H4S2.C4H10O6S2.2CH5N3/c1-3-7-6-2-4-8-5(1)6;5-11(6,7)3-1-2-4-12(8,9)10;2*2-1(3)4/h1-4H;1-4H2,(H,5,6,7)(H,8,9,10);2*(H5,2,3,4). The molecule has 0 atom stereocenters. The van der Waals surface area contributed by atoms with Crippen LogP contribution >= 0.6 is 22.7 Å². The van der Waals surface area contributed by atoms with Gasteiger partial charge < -0.3 is 9.11 Å². The molecule has 12 nitrogen and oxygen atoms in total. The summed E-state index contributed by atoms with van der Waals surface area (Å²) >= 11 is 3.61. The van der Waals surface area contributed by atoms with Gasteiger partial charge in [0.2, 0.25) is 0 Å². The van der Waals surface area contributed by atoms with Crippen LogP contribution in [0.15, 0.2) is 22.9 Å². The average molecular weight is 477 g/mol. The minimum absolute atomic E-state index is 0.0833. The van der Waals surface area contributed by atoms with Crippen molar-refractivity contribution in [2.75, 3.05) is 11.5 Å². The van der Waals surface area contributed by atoms with E-state index < -0.39 is 31.7 Å². The monoisotopic (exact) mass is 476 g/mol. The van der Waals surface area contributed by atoms with Crippen molar-refractivity contribution in [1.29, 1.82) is 0 Å². The van der Waals surface area contributed by atoms with E-state index in [1.165, 1.54) is 9.40 Å². The lowest BCUT2D eigenvalue weighted by Crippen LogP contribution is -2.51. The van der Waals surface area contributed by atoms with Crippen molar-refractivity contribution in [2.45, 2.75) is 12.8 Å². The molecule has 0 aliphatic rings. The maximum atomic E-state index is 9.97. The molecular formula is C12H24N6O6S4. The number of hydrogen-bond donors (Lipinski definition) is 6. The van der Waals surface area contributed by atoms with E-state index in [-0.39, 0.29) is 24.8 Å². The summed E-state index contributed by atoms with van der Waals surface area (Å²) in [6, 6.07) is 4.31. The molecule has 0 unspecified atom stereocenters. The van der Waals surface area contributed by atoms with E-state index in [0.29, 0.717) is 0 Å². The molecule has 0 amide bonds. The highest BCUT2D eigenvalue weighted by molar-refractivity contribution is 7.86. The van der Waals surface area contributed by atoms with Gasteiger partial charge in [0.15, 0.2) is 0 Å². The summed E-state index contributed by atoms with van der Waals surface area (Å²) in [4.78, 5) is 0. The normalized spacial score (nSPS) is 10.4. The first kappa shape index (κ1) is 28.2. The number of unbranched alkanes of at least 4 members (excludes halogenated alkanes) is 1. The minimum atomic E-state index is -4.29. The summed E-state index contributed by atoms with van der Waals surface area (Å²) < 4.78 is 62.7. The van der Waals surface area contributed by atoms with Crippen LogP contribution in [0.25, 0.3) is 9.40 Å². The van der Waals surface area contributed by atoms with Crippen LogP contribution in [0, 0.1) is 0 Å². The number of nitrogens with two attached hydrogens (primary N) is 6. The van der Waals surface area contributed by atoms with E-state index in [0.717, 1.165) is 0 Å². The SMILES string of the molecule is NC(N)=[NH2+].NC(N)=[NH2+].O=S(=O)([O-])CCCCS(=O)(=O)[O-].c1cc2sccc2s1. The van der Waals surface area contributed by atoms with Gasteiger partial charge in [-0.25, -0.2) is 16.8 Å². The van der Waals surface area contributed by atoms with Gasteiger partial charge in [0.1, 0.15) is 0 Å². The molecule has 2 rings (SSSR count). The van der Waals surface area contributed by atoms with Crippen molar-refractivity contribution < 1.29 is 36.8 Å². The second-order valence-electron chi connectivity index (χ2n) is 4.80. The van der Waals surface area contributed by atoms with Crippen molar-refractivity contribution in [2.24, 2.45) is 22.9 Å². The molecule has 0 saturated heterocycles. The lowest BCUT2D eigenvalue weighted by molar-refractivity contribution is -0.117. The Hall–Kier alpha value is -1.98. The molecule has 0 radical (unpaired) electrons. The highest BCUT2D eigenvalue weighted by Gasteiger charge is 1.98. The molecule has 2 aromatic heterocycles. The van der Waals surface area contributed by atoms with Gasteiger partial charge in [-0.15, -0.1) is 22.7 Å². The highest BCUT2D eigenvalue weighted by atomic mass is 32.2. The summed E-state index contributed by atoms with van der Waals surface area (Å²) in [7, 11) is -8.58. The number of hydrogen-bond acceptors (Lipinski definition) is 8. The maximum Gasteiger partial charge on any atom is 0.336 e. The molecule has 0 saturated carbocycles. The Labute approximate surface area is 171 Å². The molecule has 0 spiro atoms. The van der Waals surface area contributed by atoms with Gasteiger partial charge in [-0.2, -0.15) is 0 Å². The predicted octanol–water partition coefficient (Wildman–Crippen LogP) is -4.14. The molecule has 0 fully saturated rings. The van der Waals surface area contributed by atoms with Crippen LogP contribution in [0.1, 0.15) is 12.8 Å². The van der Waals surface area contributed by atoms with Gasteiger partial charge in [0.25, 0.3) is 0 Å². The smallest absolute Gasteiger partial charge is 0.336 e. The molecule has 0 aromatic carbocycles. The zero-order valence-corrected chi connectivity index (χ0v) is 18.0. The zero-order valence-electron chi connectivity index (χ0n) is 14.7. The minimum Gasteiger partial charge on any atom is -0.748 e. The van der Waals surface area contributed by atoms with E-state index in [2.05, 4.69) is 56.6 Å². The first-order valence-corrected chi connectivity index (χ1v) is 12.1. The third kappa shape index (κ3) is 24.0. The number of fused-ring (bicyclic) bond motifs is 1. The molecule has 162 valence electrons. The van der Waals surface area contributed by atoms with E-state index in [1.54, 1.807) is 22.7 Å². The van der Waals surface area contributed by atoms with Crippen LogP contribution in [-0.2, 0) is 20.2 Å². The van der Waals surface area contributed by atoms with Gasteiger partial charge in [0.05, 0.1) is 20.2 Å². The van der Waals surface area contributed by atoms with Crippen molar-refractivity contribution in [3.63, 3.8) is 0 Å². The fraction of sp³-hybridized carbons (Fsp3) is 0.333.